The molecule has 0 unspecified atom stereocenters. The lowest BCUT2D eigenvalue weighted by molar-refractivity contribution is -0.121. The van der Waals surface area contributed by atoms with Crippen LogP contribution in [0.2, 0.25) is 0 Å². The van der Waals surface area contributed by atoms with E-state index in [-0.39, 0.29) is 11.9 Å². The zero-order valence-corrected chi connectivity index (χ0v) is 10.6. The molecule has 1 aromatic carbocycles. The van der Waals surface area contributed by atoms with E-state index in [1.807, 2.05) is 24.3 Å². The molecule has 18 heavy (non-hydrogen) atoms. The number of nitrogens with one attached hydrogen (secondary N) is 2. The Balaban J connectivity index is 1.95. The normalized spacial score (nSPS) is 21.7. The Morgan fingerprint density at radius 3 is 3.00 bits per heavy atom. The first-order valence-corrected chi connectivity index (χ1v) is 6.48. The number of aliphatic hydroxyl groups is 1. The topological polar surface area (TPSA) is 61.4 Å². The van der Waals surface area contributed by atoms with E-state index in [4.69, 9.17) is 0 Å². The van der Waals surface area contributed by atoms with Crippen LogP contribution >= 0.6 is 0 Å². The number of hydrogen-bond donors (Lipinski definition) is 3. The van der Waals surface area contributed by atoms with E-state index in [0.29, 0.717) is 13.0 Å². The van der Waals surface area contributed by atoms with Crippen molar-refractivity contribution in [1.29, 1.82) is 0 Å². The van der Waals surface area contributed by atoms with Crippen LogP contribution in [0.25, 0.3) is 0 Å². The number of rotatable bonds is 5. The fraction of sp³-hybridized carbons (Fsp3) is 0.500. The monoisotopic (exact) mass is 248 g/mol. The van der Waals surface area contributed by atoms with Gasteiger partial charge in [-0.25, -0.2) is 0 Å². The van der Waals surface area contributed by atoms with Crippen molar-refractivity contribution < 1.29 is 9.90 Å². The van der Waals surface area contributed by atoms with Gasteiger partial charge in [0.1, 0.15) is 0 Å². The molecule has 1 amide bonds. The van der Waals surface area contributed by atoms with E-state index in [1.165, 1.54) is 0 Å². The molecule has 0 heterocycles. The van der Waals surface area contributed by atoms with Crippen LogP contribution in [-0.4, -0.2) is 30.2 Å². The molecule has 0 radical (unpaired) electrons. The van der Waals surface area contributed by atoms with Gasteiger partial charge < -0.3 is 15.7 Å². The summed E-state index contributed by atoms with van der Waals surface area (Å²) in [6, 6.07) is 7.59. The molecule has 1 aromatic rings. The minimum Gasteiger partial charge on any atom is -0.390 e. The van der Waals surface area contributed by atoms with Gasteiger partial charge in [-0.15, -0.1) is 0 Å². The third-order valence-electron chi connectivity index (χ3n) is 3.23. The predicted octanol–water partition coefficient (Wildman–Crippen LogP) is 0.760. The third kappa shape index (κ3) is 2.89. The van der Waals surface area contributed by atoms with Crippen LogP contribution < -0.4 is 10.6 Å². The minimum atomic E-state index is -0.516. The highest BCUT2D eigenvalue weighted by Crippen LogP contribution is 2.30. The zero-order valence-electron chi connectivity index (χ0n) is 10.6. The van der Waals surface area contributed by atoms with Gasteiger partial charge in [0.25, 0.3) is 0 Å². The number of carbonyl (C=O) groups is 1. The molecule has 98 valence electrons. The standard InChI is InChI=1S/C14H20N2O2/c1-2-7-15-9-13(18)16-14-11-6-4-3-5-10(11)8-12(14)17/h3-6,12,14-15,17H,2,7-9H2,1H3,(H,16,18)/t12-,14+/m1/s1. The Bertz CT molecular complexity index is 420. The molecule has 4 heteroatoms. The van der Waals surface area contributed by atoms with Gasteiger partial charge in [0, 0.05) is 6.42 Å². The van der Waals surface area contributed by atoms with Crippen molar-refractivity contribution >= 4 is 5.91 Å². The van der Waals surface area contributed by atoms with E-state index in [0.717, 1.165) is 24.1 Å². The molecule has 4 nitrogen and oxygen atoms in total. The molecular formula is C14H20N2O2. The molecular weight excluding hydrogens is 228 g/mol. The second-order valence-corrected chi connectivity index (χ2v) is 4.69. The smallest absolute Gasteiger partial charge is 0.234 e. The van der Waals surface area contributed by atoms with Gasteiger partial charge in [0.05, 0.1) is 18.7 Å². The summed E-state index contributed by atoms with van der Waals surface area (Å²) in [5, 5.41) is 15.9. The van der Waals surface area contributed by atoms with Gasteiger partial charge in [-0.1, -0.05) is 31.2 Å². The van der Waals surface area contributed by atoms with E-state index in [2.05, 4.69) is 17.6 Å². The summed E-state index contributed by atoms with van der Waals surface area (Å²) >= 11 is 0. The van der Waals surface area contributed by atoms with E-state index >= 15 is 0 Å². The van der Waals surface area contributed by atoms with Gasteiger partial charge in [-0.2, -0.15) is 0 Å². The predicted molar refractivity (Wildman–Crippen MR) is 70.2 cm³/mol. The molecule has 0 fully saturated rings. The Morgan fingerprint density at radius 1 is 1.44 bits per heavy atom. The molecule has 0 saturated carbocycles. The summed E-state index contributed by atoms with van der Waals surface area (Å²) in [5.41, 5.74) is 2.16. The first-order valence-electron chi connectivity index (χ1n) is 6.48. The first kappa shape index (κ1) is 13.1. The number of carbonyl (C=O) groups excluding carboxylic acids is 1. The van der Waals surface area contributed by atoms with Crippen molar-refractivity contribution in [2.75, 3.05) is 13.1 Å². The quantitative estimate of drug-likeness (QED) is 0.674. The van der Waals surface area contributed by atoms with Crippen molar-refractivity contribution in [3.8, 4) is 0 Å². The molecule has 3 N–H and O–H groups in total. The van der Waals surface area contributed by atoms with Crippen molar-refractivity contribution in [2.45, 2.75) is 31.9 Å². The zero-order chi connectivity index (χ0) is 13.0. The molecule has 0 aliphatic heterocycles. The fourth-order valence-electron chi connectivity index (χ4n) is 2.35. The van der Waals surface area contributed by atoms with Gasteiger partial charge in [0.2, 0.25) is 5.91 Å². The molecule has 0 saturated heterocycles. The highest BCUT2D eigenvalue weighted by molar-refractivity contribution is 5.78. The number of hydrogen-bond acceptors (Lipinski definition) is 3. The highest BCUT2D eigenvalue weighted by atomic mass is 16.3. The molecule has 1 aliphatic carbocycles. The van der Waals surface area contributed by atoms with E-state index in [1.54, 1.807) is 0 Å². The molecule has 2 rings (SSSR count). The van der Waals surface area contributed by atoms with Crippen LogP contribution in [0.5, 0.6) is 0 Å². The van der Waals surface area contributed by atoms with Gasteiger partial charge >= 0.3 is 0 Å². The average molecular weight is 248 g/mol. The van der Waals surface area contributed by atoms with Crippen LogP contribution in [-0.2, 0) is 11.2 Å². The van der Waals surface area contributed by atoms with Crippen molar-refractivity contribution in [3.05, 3.63) is 35.4 Å². The van der Waals surface area contributed by atoms with Crippen LogP contribution in [0.15, 0.2) is 24.3 Å². The second kappa shape index (κ2) is 5.98. The Kier molecular flexibility index (Phi) is 4.33. The fourth-order valence-corrected chi connectivity index (χ4v) is 2.35. The summed E-state index contributed by atoms with van der Waals surface area (Å²) in [6.07, 6.45) is 1.10. The molecule has 2 atom stereocenters. The average Bonchev–Trinajstić information content (AvgIpc) is 2.67. The van der Waals surface area contributed by atoms with Crippen LogP contribution in [0.3, 0.4) is 0 Å². The molecule has 0 bridgehead atoms. The summed E-state index contributed by atoms with van der Waals surface area (Å²) < 4.78 is 0. The summed E-state index contributed by atoms with van der Waals surface area (Å²) in [4.78, 5) is 11.7. The SMILES string of the molecule is CCCNCC(=O)N[C@H]1c2ccccc2C[C@H]1O. The molecule has 0 aromatic heterocycles. The third-order valence-corrected chi connectivity index (χ3v) is 3.23. The Labute approximate surface area is 107 Å². The van der Waals surface area contributed by atoms with Crippen LogP contribution in [0, 0.1) is 0 Å². The number of aliphatic hydroxyl groups excluding tert-OH is 1. The molecule has 1 aliphatic rings. The highest BCUT2D eigenvalue weighted by Gasteiger charge is 2.31. The van der Waals surface area contributed by atoms with E-state index in [9.17, 15) is 9.90 Å². The van der Waals surface area contributed by atoms with E-state index < -0.39 is 6.10 Å². The largest absolute Gasteiger partial charge is 0.390 e. The lowest BCUT2D eigenvalue weighted by Crippen LogP contribution is -2.39. The van der Waals surface area contributed by atoms with Crippen LogP contribution in [0.1, 0.15) is 30.5 Å². The van der Waals surface area contributed by atoms with Crippen LogP contribution in [0.4, 0.5) is 0 Å². The van der Waals surface area contributed by atoms with Gasteiger partial charge in [-0.3, -0.25) is 4.79 Å². The summed E-state index contributed by atoms with van der Waals surface area (Å²) in [6.45, 7) is 3.19. The maximum atomic E-state index is 11.7. The lowest BCUT2D eigenvalue weighted by atomic mass is 10.1. The number of fused-ring (bicyclic) bond motifs is 1. The lowest BCUT2D eigenvalue weighted by Gasteiger charge is -2.18. The van der Waals surface area contributed by atoms with Gasteiger partial charge in [-0.05, 0) is 24.1 Å². The van der Waals surface area contributed by atoms with Crippen molar-refractivity contribution in [2.24, 2.45) is 0 Å². The Hall–Kier alpha value is -1.39. The molecule has 0 spiro atoms. The number of amides is 1. The summed E-state index contributed by atoms with van der Waals surface area (Å²) in [7, 11) is 0. The minimum absolute atomic E-state index is 0.0656. The first-order chi connectivity index (χ1) is 8.72. The van der Waals surface area contributed by atoms with Crippen molar-refractivity contribution in [3.63, 3.8) is 0 Å². The summed E-state index contributed by atoms with van der Waals surface area (Å²) in [5.74, 6) is -0.0656. The maximum Gasteiger partial charge on any atom is 0.234 e. The number of benzene rings is 1. The Morgan fingerprint density at radius 2 is 2.22 bits per heavy atom. The van der Waals surface area contributed by atoms with Crippen molar-refractivity contribution in [1.82, 2.24) is 10.6 Å². The van der Waals surface area contributed by atoms with Gasteiger partial charge in [0.15, 0.2) is 0 Å². The second-order valence-electron chi connectivity index (χ2n) is 4.69. The maximum absolute atomic E-state index is 11.7.